The molecule has 1 rings (SSSR count). The summed E-state index contributed by atoms with van der Waals surface area (Å²) in [6, 6.07) is 0. The lowest BCUT2D eigenvalue weighted by Gasteiger charge is -2.44. The molecule has 4 heteroatoms. The van der Waals surface area contributed by atoms with Gasteiger partial charge in [-0.15, -0.1) is 0 Å². The molecule has 1 heterocycles. The molecule has 0 unspecified atom stereocenters. The highest BCUT2D eigenvalue weighted by molar-refractivity contribution is 5.75. The third kappa shape index (κ3) is 2.67. The van der Waals surface area contributed by atoms with Gasteiger partial charge < -0.3 is 5.73 Å². The summed E-state index contributed by atoms with van der Waals surface area (Å²) in [4.78, 5) is 15.2. The Morgan fingerprint density at radius 1 is 1.46 bits per heavy atom. The van der Waals surface area contributed by atoms with E-state index in [0.717, 1.165) is 19.6 Å². The first kappa shape index (κ1) is 10.5. The fourth-order valence-corrected chi connectivity index (χ4v) is 1.70. The van der Waals surface area contributed by atoms with Crippen molar-refractivity contribution in [3.8, 4) is 0 Å². The van der Waals surface area contributed by atoms with Crippen LogP contribution < -0.4 is 5.73 Å². The predicted molar refractivity (Wildman–Crippen MR) is 52.3 cm³/mol. The third-order valence-corrected chi connectivity index (χ3v) is 2.77. The molecule has 0 spiro atoms. The molecule has 76 valence electrons. The fourth-order valence-electron chi connectivity index (χ4n) is 1.70. The lowest BCUT2D eigenvalue weighted by Crippen LogP contribution is -2.58. The topological polar surface area (TPSA) is 49.6 Å². The van der Waals surface area contributed by atoms with E-state index in [1.807, 2.05) is 0 Å². The van der Waals surface area contributed by atoms with Crippen LogP contribution in [0.1, 0.15) is 13.8 Å². The minimum atomic E-state index is -0.236. The average Bonchev–Trinajstić information content (AvgIpc) is 1.95. The van der Waals surface area contributed by atoms with Crippen molar-refractivity contribution in [2.24, 2.45) is 5.73 Å². The summed E-state index contributed by atoms with van der Waals surface area (Å²) in [5, 5.41) is 0. The second-order valence-corrected chi connectivity index (χ2v) is 4.41. The van der Waals surface area contributed by atoms with Gasteiger partial charge in [-0.2, -0.15) is 0 Å². The van der Waals surface area contributed by atoms with Crippen molar-refractivity contribution in [3.63, 3.8) is 0 Å². The number of piperazine rings is 1. The van der Waals surface area contributed by atoms with Gasteiger partial charge >= 0.3 is 0 Å². The standard InChI is InChI=1S/C9H19N3O/c1-9(2)7-12(6-8(10)13)5-4-11(9)3/h4-7H2,1-3H3,(H2,10,13). The van der Waals surface area contributed by atoms with E-state index in [1.54, 1.807) is 0 Å². The number of hydrogen-bond donors (Lipinski definition) is 1. The van der Waals surface area contributed by atoms with Crippen LogP contribution in [0.25, 0.3) is 0 Å². The van der Waals surface area contributed by atoms with Crippen LogP contribution in [0.2, 0.25) is 0 Å². The smallest absolute Gasteiger partial charge is 0.231 e. The summed E-state index contributed by atoms with van der Waals surface area (Å²) in [5.74, 6) is -0.236. The monoisotopic (exact) mass is 185 g/mol. The van der Waals surface area contributed by atoms with E-state index in [1.165, 1.54) is 0 Å². The normalized spacial score (nSPS) is 24.5. The Hall–Kier alpha value is -0.610. The second-order valence-electron chi connectivity index (χ2n) is 4.41. The zero-order chi connectivity index (χ0) is 10.1. The summed E-state index contributed by atoms with van der Waals surface area (Å²) in [6.07, 6.45) is 0. The zero-order valence-corrected chi connectivity index (χ0v) is 8.71. The molecule has 0 aromatic carbocycles. The number of amides is 1. The van der Waals surface area contributed by atoms with E-state index in [2.05, 4.69) is 30.7 Å². The van der Waals surface area contributed by atoms with Crippen molar-refractivity contribution < 1.29 is 4.79 Å². The van der Waals surface area contributed by atoms with Gasteiger partial charge in [-0.1, -0.05) is 0 Å². The average molecular weight is 185 g/mol. The van der Waals surface area contributed by atoms with Crippen LogP contribution in [0.3, 0.4) is 0 Å². The SMILES string of the molecule is CN1CCN(CC(N)=O)CC1(C)C. The van der Waals surface area contributed by atoms with Crippen molar-refractivity contribution in [2.75, 3.05) is 33.2 Å². The molecule has 1 saturated heterocycles. The maximum Gasteiger partial charge on any atom is 0.231 e. The largest absolute Gasteiger partial charge is 0.369 e. The second kappa shape index (κ2) is 3.64. The minimum absolute atomic E-state index is 0.147. The Labute approximate surface area is 79.7 Å². The molecule has 2 N–H and O–H groups in total. The number of nitrogens with zero attached hydrogens (tertiary/aromatic N) is 2. The number of hydrogen-bond acceptors (Lipinski definition) is 3. The predicted octanol–water partition coefficient (Wildman–Crippen LogP) is -0.502. The van der Waals surface area contributed by atoms with Crippen molar-refractivity contribution in [3.05, 3.63) is 0 Å². The lowest BCUT2D eigenvalue weighted by atomic mass is 10.00. The van der Waals surface area contributed by atoms with Crippen LogP contribution in [-0.4, -0.2) is 54.5 Å². The highest BCUT2D eigenvalue weighted by atomic mass is 16.1. The Balaban J connectivity index is 2.50. The number of nitrogens with two attached hydrogens (primary N) is 1. The molecule has 13 heavy (non-hydrogen) atoms. The van der Waals surface area contributed by atoms with Gasteiger partial charge in [0.1, 0.15) is 0 Å². The zero-order valence-electron chi connectivity index (χ0n) is 8.71. The molecule has 0 bridgehead atoms. The van der Waals surface area contributed by atoms with Gasteiger partial charge in [0.2, 0.25) is 5.91 Å². The summed E-state index contributed by atoms with van der Waals surface area (Å²) >= 11 is 0. The number of rotatable bonds is 2. The molecule has 4 nitrogen and oxygen atoms in total. The maximum absolute atomic E-state index is 10.7. The maximum atomic E-state index is 10.7. The molecule has 1 fully saturated rings. The quantitative estimate of drug-likeness (QED) is 0.631. The molecule has 0 aliphatic carbocycles. The van der Waals surface area contributed by atoms with E-state index >= 15 is 0 Å². The molecular formula is C9H19N3O. The van der Waals surface area contributed by atoms with Gasteiger partial charge in [0.15, 0.2) is 0 Å². The number of carbonyl (C=O) groups is 1. The lowest BCUT2D eigenvalue weighted by molar-refractivity contribution is -0.120. The molecule has 0 radical (unpaired) electrons. The van der Waals surface area contributed by atoms with Crippen LogP contribution in [0.15, 0.2) is 0 Å². The minimum Gasteiger partial charge on any atom is -0.369 e. The molecule has 0 atom stereocenters. The van der Waals surface area contributed by atoms with Gasteiger partial charge in [0.25, 0.3) is 0 Å². The van der Waals surface area contributed by atoms with Gasteiger partial charge in [-0.25, -0.2) is 0 Å². The molecule has 1 aliphatic heterocycles. The van der Waals surface area contributed by atoms with E-state index in [4.69, 9.17) is 5.73 Å². The number of likely N-dealkylation sites (N-methyl/N-ethyl adjacent to an activating group) is 1. The number of carbonyl (C=O) groups excluding carboxylic acids is 1. The van der Waals surface area contributed by atoms with Crippen LogP contribution in [-0.2, 0) is 4.79 Å². The van der Waals surface area contributed by atoms with E-state index in [-0.39, 0.29) is 11.4 Å². The molecule has 0 aromatic rings. The first-order valence-corrected chi connectivity index (χ1v) is 4.64. The Kier molecular flexibility index (Phi) is 2.93. The summed E-state index contributed by atoms with van der Waals surface area (Å²) in [5.41, 5.74) is 5.30. The van der Waals surface area contributed by atoms with E-state index in [9.17, 15) is 4.79 Å². The van der Waals surface area contributed by atoms with Crippen molar-refractivity contribution in [1.82, 2.24) is 9.80 Å². The van der Waals surface area contributed by atoms with Gasteiger partial charge in [0.05, 0.1) is 6.54 Å². The van der Waals surface area contributed by atoms with E-state index in [0.29, 0.717) is 6.54 Å². The fraction of sp³-hybridized carbons (Fsp3) is 0.889. The number of primary amides is 1. The van der Waals surface area contributed by atoms with Gasteiger partial charge in [-0.3, -0.25) is 14.6 Å². The Morgan fingerprint density at radius 3 is 2.54 bits per heavy atom. The Morgan fingerprint density at radius 2 is 2.08 bits per heavy atom. The van der Waals surface area contributed by atoms with Crippen LogP contribution in [0.5, 0.6) is 0 Å². The molecule has 1 amide bonds. The van der Waals surface area contributed by atoms with Crippen molar-refractivity contribution in [2.45, 2.75) is 19.4 Å². The highest BCUT2D eigenvalue weighted by Gasteiger charge is 2.31. The summed E-state index contributed by atoms with van der Waals surface area (Å²) in [6.45, 7) is 7.59. The first-order valence-electron chi connectivity index (χ1n) is 4.64. The Bertz CT molecular complexity index is 203. The molecule has 0 aromatic heterocycles. The van der Waals surface area contributed by atoms with Gasteiger partial charge in [-0.05, 0) is 20.9 Å². The third-order valence-electron chi connectivity index (χ3n) is 2.77. The first-order chi connectivity index (χ1) is 5.92. The molecule has 0 saturated carbocycles. The van der Waals surface area contributed by atoms with Crippen LogP contribution in [0, 0.1) is 0 Å². The van der Waals surface area contributed by atoms with Crippen molar-refractivity contribution in [1.29, 1.82) is 0 Å². The van der Waals surface area contributed by atoms with Crippen LogP contribution in [0.4, 0.5) is 0 Å². The highest BCUT2D eigenvalue weighted by Crippen LogP contribution is 2.17. The van der Waals surface area contributed by atoms with Gasteiger partial charge in [0, 0.05) is 25.2 Å². The van der Waals surface area contributed by atoms with Crippen LogP contribution >= 0.6 is 0 Å². The summed E-state index contributed by atoms with van der Waals surface area (Å²) in [7, 11) is 2.11. The van der Waals surface area contributed by atoms with Crippen molar-refractivity contribution >= 4 is 5.91 Å². The molecule has 1 aliphatic rings. The summed E-state index contributed by atoms with van der Waals surface area (Å²) < 4.78 is 0. The molecular weight excluding hydrogens is 166 g/mol. The van der Waals surface area contributed by atoms with E-state index < -0.39 is 0 Å².